The Morgan fingerprint density at radius 1 is 0.382 bits per heavy atom. The second-order valence-electron chi connectivity index (χ2n) is 15.4. The minimum absolute atomic E-state index is 0.393. The van der Waals surface area contributed by atoms with E-state index in [4.69, 9.17) is 9.97 Å². The van der Waals surface area contributed by atoms with Gasteiger partial charge < -0.3 is 4.57 Å². The minimum atomic E-state index is -0.393. The smallest absolute Gasteiger partial charge is 0.235 e. The van der Waals surface area contributed by atoms with Crippen LogP contribution in [0.25, 0.3) is 99.3 Å². The van der Waals surface area contributed by atoms with Crippen molar-refractivity contribution < 1.29 is 0 Å². The monoisotopic (exact) mass is 702 g/mol. The number of fused-ring (bicyclic) bond motifs is 14. The summed E-state index contributed by atoms with van der Waals surface area (Å²) in [6, 6.07) is 61.3. The van der Waals surface area contributed by atoms with E-state index in [0.29, 0.717) is 5.95 Å². The minimum Gasteiger partial charge on any atom is -0.309 e. The van der Waals surface area contributed by atoms with Gasteiger partial charge in [-0.15, -0.1) is 0 Å². The van der Waals surface area contributed by atoms with Crippen molar-refractivity contribution in [2.45, 2.75) is 19.3 Å². The van der Waals surface area contributed by atoms with Crippen LogP contribution in [0.2, 0.25) is 0 Å². The Morgan fingerprint density at radius 3 is 1.51 bits per heavy atom. The Hall–Kier alpha value is -7.04. The van der Waals surface area contributed by atoms with Crippen LogP contribution in [0.1, 0.15) is 25.0 Å². The molecule has 3 heterocycles. The summed E-state index contributed by atoms with van der Waals surface area (Å²) in [4.78, 5) is 11.4. The fourth-order valence-corrected chi connectivity index (χ4v) is 9.81. The van der Waals surface area contributed by atoms with Crippen molar-refractivity contribution in [2.24, 2.45) is 0 Å². The quantitative estimate of drug-likeness (QED) is 0.172. The van der Waals surface area contributed by atoms with Crippen LogP contribution in [-0.4, -0.2) is 19.1 Å². The van der Waals surface area contributed by atoms with Crippen LogP contribution in [0.5, 0.6) is 0 Å². The second-order valence-corrected chi connectivity index (χ2v) is 15.4. The van der Waals surface area contributed by atoms with Crippen molar-refractivity contribution in [1.82, 2.24) is 19.1 Å². The van der Waals surface area contributed by atoms with Gasteiger partial charge in [-0.1, -0.05) is 141 Å². The van der Waals surface area contributed by atoms with Gasteiger partial charge in [-0.3, -0.25) is 4.57 Å². The highest BCUT2D eigenvalue weighted by Crippen LogP contribution is 2.56. The Bertz CT molecular complexity index is 3350. The first-order valence-electron chi connectivity index (χ1n) is 19.0. The third-order valence-electron chi connectivity index (χ3n) is 12.1. The number of benzene rings is 8. The zero-order valence-electron chi connectivity index (χ0n) is 30.5. The van der Waals surface area contributed by atoms with E-state index in [9.17, 15) is 0 Å². The normalized spacial score (nSPS) is 13.4. The van der Waals surface area contributed by atoms with Gasteiger partial charge in [0, 0.05) is 49.3 Å². The molecular weight excluding hydrogens is 669 g/mol. The molecule has 0 aliphatic heterocycles. The van der Waals surface area contributed by atoms with Crippen molar-refractivity contribution in [3.05, 3.63) is 181 Å². The summed E-state index contributed by atoms with van der Waals surface area (Å²) in [7, 11) is 0. The largest absolute Gasteiger partial charge is 0.309 e. The van der Waals surface area contributed by atoms with Gasteiger partial charge >= 0.3 is 0 Å². The first-order chi connectivity index (χ1) is 27.1. The molecular formula is C51H34N4. The summed E-state index contributed by atoms with van der Waals surface area (Å²) in [5.41, 5.74) is 12.0. The summed E-state index contributed by atoms with van der Waals surface area (Å²) < 4.78 is 4.64. The van der Waals surface area contributed by atoms with Gasteiger partial charge in [0.05, 0.1) is 33.5 Å². The molecule has 0 amide bonds. The Morgan fingerprint density at radius 2 is 0.855 bits per heavy atom. The molecule has 258 valence electrons. The van der Waals surface area contributed by atoms with E-state index in [2.05, 4.69) is 193 Å². The molecule has 0 N–H and O–H groups in total. The van der Waals surface area contributed by atoms with Gasteiger partial charge in [0.25, 0.3) is 0 Å². The zero-order valence-corrected chi connectivity index (χ0v) is 30.5. The van der Waals surface area contributed by atoms with Crippen molar-refractivity contribution in [2.75, 3.05) is 0 Å². The summed E-state index contributed by atoms with van der Waals surface area (Å²) >= 11 is 0. The third-order valence-corrected chi connectivity index (χ3v) is 12.1. The Kier molecular flexibility index (Phi) is 6.09. The molecule has 1 aliphatic carbocycles. The van der Waals surface area contributed by atoms with Gasteiger partial charge in [0.2, 0.25) is 5.95 Å². The molecule has 55 heavy (non-hydrogen) atoms. The lowest BCUT2D eigenvalue weighted by Crippen LogP contribution is -2.18. The van der Waals surface area contributed by atoms with Crippen LogP contribution in [0.15, 0.2) is 170 Å². The van der Waals surface area contributed by atoms with Crippen molar-refractivity contribution in [1.29, 1.82) is 0 Å². The highest BCUT2D eigenvalue weighted by Gasteiger charge is 2.43. The number of hydrogen-bond donors (Lipinski definition) is 0. The van der Waals surface area contributed by atoms with E-state index in [-0.39, 0.29) is 0 Å². The van der Waals surface area contributed by atoms with E-state index >= 15 is 0 Å². The average molecular weight is 703 g/mol. The van der Waals surface area contributed by atoms with Crippen LogP contribution in [0.3, 0.4) is 0 Å². The van der Waals surface area contributed by atoms with Crippen molar-refractivity contribution in [3.63, 3.8) is 0 Å². The molecule has 3 aromatic heterocycles. The molecule has 4 nitrogen and oxygen atoms in total. The number of aromatic nitrogens is 4. The van der Waals surface area contributed by atoms with Crippen LogP contribution in [0, 0.1) is 0 Å². The zero-order chi connectivity index (χ0) is 36.4. The summed E-state index contributed by atoms with van der Waals surface area (Å²) in [5, 5.41) is 9.81. The van der Waals surface area contributed by atoms with E-state index in [1.165, 1.54) is 70.8 Å². The molecule has 0 fully saturated rings. The molecule has 11 aromatic rings. The molecule has 0 saturated heterocycles. The maximum Gasteiger partial charge on any atom is 0.235 e. The Balaban J connectivity index is 1.23. The molecule has 0 spiro atoms. The third kappa shape index (κ3) is 4.06. The van der Waals surface area contributed by atoms with E-state index < -0.39 is 5.41 Å². The molecule has 1 aliphatic rings. The molecule has 8 aromatic carbocycles. The van der Waals surface area contributed by atoms with Gasteiger partial charge in [-0.05, 0) is 69.6 Å². The lowest BCUT2D eigenvalue weighted by atomic mass is 9.78. The second kappa shape index (κ2) is 11.0. The predicted octanol–water partition coefficient (Wildman–Crippen LogP) is 13.0. The fourth-order valence-electron chi connectivity index (χ4n) is 9.81. The van der Waals surface area contributed by atoms with Crippen LogP contribution in [-0.2, 0) is 5.41 Å². The van der Waals surface area contributed by atoms with Crippen LogP contribution in [0.4, 0.5) is 0 Å². The summed E-state index contributed by atoms with van der Waals surface area (Å²) in [5.74, 6) is 0.679. The maximum atomic E-state index is 5.69. The maximum absolute atomic E-state index is 5.69. The van der Waals surface area contributed by atoms with E-state index in [1.807, 2.05) is 0 Å². The lowest BCUT2D eigenvalue weighted by molar-refractivity contribution is 0.662. The molecule has 0 atom stereocenters. The number of para-hydroxylation sites is 4. The standard InChI is InChI=1S/C51H34N4/c1-51(2)46-39-24-9-7-19-34(39)33-18-6-8-23-38(33)45(46)49-47(51)48(52-50(53-49)55-42-26-14-10-20-35(42)36-21-11-15-27-43(36)55)31-28-29-44-40(30-31)37-22-12-13-25-41(37)54(44)32-16-4-3-5-17-32/h3-30H,1-2H3. The van der Waals surface area contributed by atoms with E-state index in [0.717, 1.165) is 33.7 Å². The number of nitrogens with zero attached hydrogens (tertiary/aromatic N) is 4. The van der Waals surface area contributed by atoms with Crippen molar-refractivity contribution >= 4 is 65.2 Å². The lowest BCUT2D eigenvalue weighted by Gasteiger charge is -2.25. The predicted molar refractivity (Wildman–Crippen MR) is 229 cm³/mol. The molecule has 0 unspecified atom stereocenters. The van der Waals surface area contributed by atoms with Gasteiger partial charge in [0.1, 0.15) is 0 Å². The van der Waals surface area contributed by atoms with Gasteiger partial charge in [-0.2, -0.15) is 0 Å². The highest BCUT2D eigenvalue weighted by atomic mass is 15.2. The average Bonchev–Trinajstić information content (AvgIpc) is 3.84. The van der Waals surface area contributed by atoms with Crippen LogP contribution < -0.4 is 0 Å². The fraction of sp³-hybridized carbons (Fsp3) is 0.0588. The van der Waals surface area contributed by atoms with Gasteiger partial charge in [0.15, 0.2) is 0 Å². The highest BCUT2D eigenvalue weighted by molar-refractivity contribution is 6.18. The number of rotatable bonds is 3. The summed E-state index contributed by atoms with van der Waals surface area (Å²) in [6.07, 6.45) is 0. The first kappa shape index (κ1) is 30.4. The SMILES string of the molecule is CC1(C)c2c(-c3ccc4c(c3)c3ccccc3n4-c3ccccc3)nc(-n3c4ccccc4c4ccccc43)nc2-c2c1c1ccccc1c1ccccc21. The molecule has 4 heteroatoms. The first-order valence-corrected chi connectivity index (χ1v) is 19.0. The number of hydrogen-bond acceptors (Lipinski definition) is 2. The van der Waals surface area contributed by atoms with Crippen LogP contribution >= 0.6 is 0 Å². The Labute approximate surface area is 317 Å². The molecule has 12 rings (SSSR count). The van der Waals surface area contributed by atoms with Crippen molar-refractivity contribution in [3.8, 4) is 34.2 Å². The summed E-state index contributed by atoms with van der Waals surface area (Å²) in [6.45, 7) is 4.73. The van der Waals surface area contributed by atoms with Gasteiger partial charge in [-0.25, -0.2) is 9.97 Å². The topological polar surface area (TPSA) is 35.6 Å². The molecule has 0 bridgehead atoms. The molecule has 0 radical (unpaired) electrons. The van der Waals surface area contributed by atoms with E-state index in [1.54, 1.807) is 0 Å². The molecule has 0 saturated carbocycles.